The number of unbranched alkanes of at least 4 members (excludes halogenated alkanes) is 1. The smallest absolute Gasteiger partial charge is 0.347 e. The summed E-state index contributed by atoms with van der Waals surface area (Å²) in [5.41, 5.74) is 0.317. The van der Waals surface area contributed by atoms with Crippen LogP contribution in [0, 0.1) is 12.7 Å². The number of ether oxygens (including phenoxy) is 2. The first-order valence-corrected chi connectivity index (χ1v) is 8.22. The number of carbonyl (C=O) groups is 1. The van der Waals surface area contributed by atoms with Gasteiger partial charge in [-0.25, -0.2) is 9.18 Å². The van der Waals surface area contributed by atoms with Crippen LogP contribution in [0.15, 0.2) is 40.9 Å². The van der Waals surface area contributed by atoms with Gasteiger partial charge in [-0.15, -0.1) is 0 Å². The molecule has 122 valence electrons. The lowest BCUT2D eigenvalue weighted by atomic mass is 10.1. The molecule has 2 aromatic rings. The summed E-state index contributed by atoms with van der Waals surface area (Å²) in [4.78, 5) is 12.5. The molecule has 0 atom stereocenters. The van der Waals surface area contributed by atoms with Gasteiger partial charge in [-0.2, -0.15) is 0 Å². The van der Waals surface area contributed by atoms with Crippen molar-refractivity contribution in [3.63, 3.8) is 0 Å². The molecule has 0 saturated heterocycles. The minimum absolute atomic E-state index is 0.108. The van der Waals surface area contributed by atoms with E-state index in [2.05, 4.69) is 15.9 Å². The van der Waals surface area contributed by atoms with Crippen LogP contribution in [0.5, 0.6) is 11.5 Å². The summed E-state index contributed by atoms with van der Waals surface area (Å²) < 4.78 is 25.4. The molecule has 0 saturated carbocycles. The fourth-order valence-corrected chi connectivity index (χ4v) is 2.56. The van der Waals surface area contributed by atoms with Crippen molar-refractivity contribution in [2.24, 2.45) is 0 Å². The Morgan fingerprint density at radius 3 is 2.61 bits per heavy atom. The Bertz CT molecular complexity index is 686. The van der Waals surface area contributed by atoms with Gasteiger partial charge in [0, 0.05) is 5.56 Å². The predicted molar refractivity (Wildman–Crippen MR) is 90.6 cm³/mol. The standard InChI is InChI=1S/C18H18BrFO3/c1-3-4-10-22-17-14(19)11-15(20)12(2)16(17)18(21)23-13-8-6-5-7-9-13/h5-9,11H,3-4,10H2,1-2H3. The fourth-order valence-electron chi connectivity index (χ4n) is 2.05. The van der Waals surface area contributed by atoms with Crippen LogP contribution in [0.2, 0.25) is 0 Å². The van der Waals surface area contributed by atoms with E-state index in [0.29, 0.717) is 22.6 Å². The summed E-state index contributed by atoms with van der Waals surface area (Å²) in [6.07, 6.45) is 1.80. The Balaban J connectivity index is 2.36. The van der Waals surface area contributed by atoms with E-state index < -0.39 is 11.8 Å². The maximum absolute atomic E-state index is 14.0. The molecule has 0 N–H and O–H groups in total. The number of halogens is 2. The van der Waals surface area contributed by atoms with Crippen LogP contribution in [0.3, 0.4) is 0 Å². The number of para-hydroxylation sites is 1. The molecule has 2 aromatic carbocycles. The lowest BCUT2D eigenvalue weighted by Gasteiger charge is -2.15. The summed E-state index contributed by atoms with van der Waals surface area (Å²) in [7, 11) is 0. The summed E-state index contributed by atoms with van der Waals surface area (Å²) in [5.74, 6) is -0.407. The monoisotopic (exact) mass is 380 g/mol. The van der Waals surface area contributed by atoms with Gasteiger partial charge < -0.3 is 9.47 Å². The minimum atomic E-state index is -0.639. The van der Waals surface area contributed by atoms with E-state index in [-0.39, 0.29) is 11.1 Å². The highest BCUT2D eigenvalue weighted by Gasteiger charge is 2.23. The number of rotatable bonds is 6. The molecular weight excluding hydrogens is 363 g/mol. The van der Waals surface area contributed by atoms with Gasteiger partial charge in [0.05, 0.1) is 11.1 Å². The van der Waals surface area contributed by atoms with E-state index in [1.165, 1.54) is 13.0 Å². The first kappa shape index (κ1) is 17.5. The fraction of sp³-hybridized carbons (Fsp3) is 0.278. The van der Waals surface area contributed by atoms with Gasteiger partial charge in [-0.3, -0.25) is 0 Å². The number of hydrogen-bond donors (Lipinski definition) is 0. The zero-order chi connectivity index (χ0) is 16.8. The molecule has 3 nitrogen and oxygen atoms in total. The van der Waals surface area contributed by atoms with Crippen LogP contribution in [-0.2, 0) is 0 Å². The van der Waals surface area contributed by atoms with Gasteiger partial charge in [-0.05, 0) is 47.5 Å². The van der Waals surface area contributed by atoms with Gasteiger partial charge in [0.2, 0.25) is 0 Å². The predicted octanol–water partition coefficient (Wildman–Crippen LogP) is 5.29. The largest absolute Gasteiger partial charge is 0.491 e. The molecule has 0 spiro atoms. The maximum atomic E-state index is 14.0. The topological polar surface area (TPSA) is 35.5 Å². The summed E-state index contributed by atoms with van der Waals surface area (Å²) in [5, 5.41) is 0. The third-order valence-electron chi connectivity index (χ3n) is 3.33. The van der Waals surface area contributed by atoms with Crippen molar-refractivity contribution in [2.75, 3.05) is 6.61 Å². The summed E-state index contributed by atoms with van der Waals surface area (Å²) in [6, 6.07) is 9.97. The van der Waals surface area contributed by atoms with E-state index in [4.69, 9.17) is 9.47 Å². The summed E-state index contributed by atoms with van der Waals surface area (Å²) in [6.45, 7) is 4.03. The Morgan fingerprint density at radius 2 is 1.96 bits per heavy atom. The number of carbonyl (C=O) groups excluding carboxylic acids is 1. The number of benzene rings is 2. The molecule has 0 fully saturated rings. The highest BCUT2D eigenvalue weighted by molar-refractivity contribution is 9.10. The van der Waals surface area contributed by atoms with Crippen molar-refractivity contribution in [1.29, 1.82) is 0 Å². The molecule has 0 aliphatic rings. The lowest BCUT2D eigenvalue weighted by Crippen LogP contribution is -2.14. The van der Waals surface area contributed by atoms with E-state index >= 15 is 0 Å². The summed E-state index contributed by atoms with van der Waals surface area (Å²) >= 11 is 3.27. The zero-order valence-corrected chi connectivity index (χ0v) is 14.7. The van der Waals surface area contributed by atoms with Crippen molar-refractivity contribution in [1.82, 2.24) is 0 Å². The molecule has 0 bridgehead atoms. The van der Waals surface area contributed by atoms with Gasteiger partial charge in [0.15, 0.2) is 0 Å². The van der Waals surface area contributed by atoms with Crippen molar-refractivity contribution >= 4 is 21.9 Å². The van der Waals surface area contributed by atoms with E-state index in [1.807, 2.05) is 13.0 Å². The highest BCUT2D eigenvalue weighted by atomic mass is 79.9. The Morgan fingerprint density at radius 1 is 1.26 bits per heavy atom. The SMILES string of the molecule is CCCCOc1c(Br)cc(F)c(C)c1C(=O)Oc1ccccc1. The van der Waals surface area contributed by atoms with Crippen LogP contribution in [0.1, 0.15) is 35.7 Å². The molecule has 0 amide bonds. The van der Waals surface area contributed by atoms with Crippen molar-refractivity contribution in [3.05, 3.63) is 57.8 Å². The Labute approximate surface area is 143 Å². The average molecular weight is 381 g/mol. The van der Waals surface area contributed by atoms with Crippen LogP contribution in [-0.4, -0.2) is 12.6 Å². The van der Waals surface area contributed by atoms with Gasteiger partial charge >= 0.3 is 5.97 Å². The lowest BCUT2D eigenvalue weighted by molar-refractivity contribution is 0.0728. The van der Waals surface area contributed by atoms with Crippen LogP contribution < -0.4 is 9.47 Å². The quantitative estimate of drug-likeness (QED) is 0.387. The van der Waals surface area contributed by atoms with Gasteiger partial charge in [0.25, 0.3) is 0 Å². The van der Waals surface area contributed by atoms with Crippen LogP contribution in [0.4, 0.5) is 4.39 Å². The number of esters is 1. The highest BCUT2D eigenvalue weighted by Crippen LogP contribution is 2.34. The van der Waals surface area contributed by atoms with Crippen molar-refractivity contribution in [2.45, 2.75) is 26.7 Å². The molecule has 0 aromatic heterocycles. The molecule has 23 heavy (non-hydrogen) atoms. The third kappa shape index (κ3) is 4.32. The van der Waals surface area contributed by atoms with Gasteiger partial charge in [0.1, 0.15) is 22.9 Å². The molecule has 0 aliphatic heterocycles. The normalized spacial score (nSPS) is 10.4. The second-order valence-electron chi connectivity index (χ2n) is 5.07. The van der Waals surface area contributed by atoms with Crippen LogP contribution >= 0.6 is 15.9 Å². The van der Waals surface area contributed by atoms with Crippen molar-refractivity contribution in [3.8, 4) is 11.5 Å². The first-order chi connectivity index (χ1) is 11.0. The third-order valence-corrected chi connectivity index (χ3v) is 3.92. The minimum Gasteiger partial charge on any atom is -0.491 e. The molecule has 0 unspecified atom stereocenters. The van der Waals surface area contributed by atoms with E-state index in [9.17, 15) is 9.18 Å². The second-order valence-corrected chi connectivity index (χ2v) is 5.93. The molecule has 0 aliphatic carbocycles. The number of hydrogen-bond acceptors (Lipinski definition) is 3. The van der Waals surface area contributed by atoms with Gasteiger partial charge in [-0.1, -0.05) is 31.5 Å². The molecule has 2 rings (SSSR count). The molecule has 5 heteroatoms. The molecule has 0 radical (unpaired) electrons. The van der Waals surface area contributed by atoms with E-state index in [1.54, 1.807) is 24.3 Å². The van der Waals surface area contributed by atoms with E-state index in [0.717, 1.165) is 12.8 Å². The maximum Gasteiger partial charge on any atom is 0.347 e. The first-order valence-electron chi connectivity index (χ1n) is 7.43. The van der Waals surface area contributed by atoms with Crippen LogP contribution in [0.25, 0.3) is 0 Å². The Hall–Kier alpha value is -1.88. The second kappa shape index (κ2) is 8.11. The molecular formula is C18H18BrFO3. The Kier molecular flexibility index (Phi) is 6.16. The molecule has 0 heterocycles. The zero-order valence-electron chi connectivity index (χ0n) is 13.1. The average Bonchev–Trinajstić information content (AvgIpc) is 2.53. The van der Waals surface area contributed by atoms with Crippen molar-refractivity contribution < 1.29 is 18.7 Å².